The Morgan fingerprint density at radius 2 is 1.96 bits per heavy atom. The molecule has 0 fully saturated rings. The minimum absolute atomic E-state index is 0.0156. The van der Waals surface area contributed by atoms with Crippen LogP contribution in [-0.2, 0) is 21.3 Å². The minimum Gasteiger partial charge on any atom is -0.464 e. The molecular formula is C16H25N3O6. The lowest BCUT2D eigenvalue weighted by Gasteiger charge is -2.22. The summed E-state index contributed by atoms with van der Waals surface area (Å²) in [5.41, 5.74) is -0.0856. The van der Waals surface area contributed by atoms with Crippen LogP contribution in [0.3, 0.4) is 0 Å². The third kappa shape index (κ3) is 6.46. The van der Waals surface area contributed by atoms with E-state index in [1.165, 1.54) is 23.9 Å². The van der Waals surface area contributed by atoms with Gasteiger partial charge in [0, 0.05) is 19.9 Å². The summed E-state index contributed by atoms with van der Waals surface area (Å²) in [6.45, 7) is 4.81. The van der Waals surface area contributed by atoms with E-state index in [1.54, 1.807) is 27.8 Å². The van der Waals surface area contributed by atoms with Gasteiger partial charge in [0.1, 0.15) is 17.3 Å². The van der Waals surface area contributed by atoms with E-state index in [0.29, 0.717) is 5.69 Å². The molecule has 1 aromatic rings. The summed E-state index contributed by atoms with van der Waals surface area (Å²) in [7, 11) is 2.89. The van der Waals surface area contributed by atoms with Gasteiger partial charge in [-0.3, -0.25) is 4.79 Å². The molecule has 0 spiro atoms. The average Bonchev–Trinajstić information content (AvgIpc) is 2.84. The Kier molecular flexibility index (Phi) is 6.98. The first-order valence-electron chi connectivity index (χ1n) is 7.73. The number of rotatable bonds is 6. The smallest absolute Gasteiger partial charge is 0.408 e. The molecule has 1 atom stereocenters. The van der Waals surface area contributed by atoms with Crippen molar-refractivity contribution in [1.29, 1.82) is 0 Å². The third-order valence-electron chi connectivity index (χ3n) is 3.09. The highest BCUT2D eigenvalue weighted by Crippen LogP contribution is 2.14. The van der Waals surface area contributed by atoms with Gasteiger partial charge in [0.25, 0.3) is 0 Å². The van der Waals surface area contributed by atoms with Crippen molar-refractivity contribution in [3.8, 4) is 0 Å². The molecule has 1 unspecified atom stereocenters. The van der Waals surface area contributed by atoms with Crippen molar-refractivity contribution < 1.29 is 29.0 Å². The highest BCUT2D eigenvalue weighted by Gasteiger charge is 2.24. The first-order valence-corrected chi connectivity index (χ1v) is 7.73. The molecule has 3 N–H and O–H groups in total. The zero-order chi connectivity index (χ0) is 19.2. The number of ether oxygens (including phenoxy) is 2. The number of amides is 2. The second-order valence-electron chi connectivity index (χ2n) is 6.42. The SMILES string of the molecule is COC(=O)c1cc(NC(=O)C(CCO)NC(=O)OC(C)(C)C)cn1C. The molecule has 0 aliphatic rings. The molecule has 1 aromatic heterocycles. The molecular weight excluding hydrogens is 330 g/mol. The Morgan fingerprint density at radius 1 is 1.32 bits per heavy atom. The summed E-state index contributed by atoms with van der Waals surface area (Å²) >= 11 is 0. The summed E-state index contributed by atoms with van der Waals surface area (Å²) in [6, 6.07) is 0.467. The molecule has 1 heterocycles. The van der Waals surface area contributed by atoms with Gasteiger partial charge < -0.3 is 29.8 Å². The fraction of sp³-hybridized carbons (Fsp3) is 0.562. The van der Waals surface area contributed by atoms with Crippen molar-refractivity contribution in [2.75, 3.05) is 19.0 Å². The van der Waals surface area contributed by atoms with Crippen LogP contribution < -0.4 is 10.6 Å². The summed E-state index contributed by atoms with van der Waals surface area (Å²) < 4.78 is 11.3. The summed E-state index contributed by atoms with van der Waals surface area (Å²) in [5, 5.41) is 14.1. The Morgan fingerprint density at radius 3 is 2.48 bits per heavy atom. The molecule has 25 heavy (non-hydrogen) atoms. The van der Waals surface area contributed by atoms with Gasteiger partial charge in [-0.05, 0) is 33.3 Å². The maximum absolute atomic E-state index is 12.3. The molecule has 1 rings (SSSR count). The molecule has 0 radical (unpaired) electrons. The van der Waals surface area contributed by atoms with E-state index < -0.39 is 29.6 Å². The van der Waals surface area contributed by atoms with Crippen LogP contribution in [-0.4, -0.2) is 53.0 Å². The number of aromatic nitrogens is 1. The van der Waals surface area contributed by atoms with E-state index in [-0.39, 0.29) is 18.7 Å². The molecule has 0 bridgehead atoms. The first kappa shape index (κ1) is 20.5. The quantitative estimate of drug-likeness (QED) is 0.656. The highest BCUT2D eigenvalue weighted by atomic mass is 16.6. The number of carbonyl (C=O) groups is 3. The number of aliphatic hydroxyl groups excluding tert-OH is 1. The zero-order valence-electron chi connectivity index (χ0n) is 15.1. The number of methoxy groups -OCH3 is 1. The third-order valence-corrected chi connectivity index (χ3v) is 3.09. The van der Waals surface area contributed by atoms with Crippen molar-refractivity contribution in [2.24, 2.45) is 7.05 Å². The minimum atomic E-state index is -0.985. The lowest BCUT2D eigenvalue weighted by Crippen LogP contribution is -2.46. The second kappa shape index (κ2) is 8.52. The van der Waals surface area contributed by atoms with Crippen LogP contribution in [0, 0.1) is 0 Å². The lowest BCUT2D eigenvalue weighted by atomic mass is 10.2. The van der Waals surface area contributed by atoms with Crippen LogP contribution in [0.15, 0.2) is 12.3 Å². The fourth-order valence-electron chi connectivity index (χ4n) is 2.02. The predicted octanol–water partition coefficient (Wildman–Crippen LogP) is 1.03. The van der Waals surface area contributed by atoms with Gasteiger partial charge in [0.2, 0.25) is 5.91 Å². The number of hydrogen-bond acceptors (Lipinski definition) is 6. The summed E-state index contributed by atoms with van der Waals surface area (Å²) in [6.07, 6.45) is 0.791. The molecule has 9 heteroatoms. The van der Waals surface area contributed by atoms with E-state index in [2.05, 4.69) is 15.4 Å². The highest BCUT2D eigenvalue weighted by molar-refractivity contribution is 5.98. The van der Waals surface area contributed by atoms with Gasteiger partial charge in [-0.25, -0.2) is 9.59 Å². The Bertz CT molecular complexity index is 632. The van der Waals surface area contributed by atoms with Crippen LogP contribution in [0.1, 0.15) is 37.7 Å². The second-order valence-corrected chi connectivity index (χ2v) is 6.42. The summed E-state index contributed by atoms with van der Waals surface area (Å²) in [5.74, 6) is -1.08. The van der Waals surface area contributed by atoms with E-state index >= 15 is 0 Å². The number of nitrogens with zero attached hydrogens (tertiary/aromatic N) is 1. The number of nitrogens with one attached hydrogen (secondary N) is 2. The lowest BCUT2D eigenvalue weighted by molar-refractivity contribution is -0.118. The van der Waals surface area contributed by atoms with E-state index in [1.807, 2.05) is 0 Å². The average molecular weight is 355 g/mol. The van der Waals surface area contributed by atoms with E-state index in [4.69, 9.17) is 9.84 Å². The number of aryl methyl sites for hydroxylation is 1. The Balaban J connectivity index is 2.80. The monoisotopic (exact) mass is 355 g/mol. The first-order chi connectivity index (χ1) is 11.6. The topological polar surface area (TPSA) is 119 Å². The normalized spacial score (nSPS) is 12.2. The largest absolute Gasteiger partial charge is 0.464 e. The van der Waals surface area contributed by atoms with Crippen LogP contribution >= 0.6 is 0 Å². The van der Waals surface area contributed by atoms with Gasteiger partial charge in [-0.2, -0.15) is 0 Å². The fourth-order valence-corrected chi connectivity index (χ4v) is 2.02. The Hall–Kier alpha value is -2.55. The molecule has 0 saturated heterocycles. The van der Waals surface area contributed by atoms with Gasteiger partial charge >= 0.3 is 12.1 Å². The predicted molar refractivity (Wildman–Crippen MR) is 90.2 cm³/mol. The van der Waals surface area contributed by atoms with Crippen LogP contribution in [0.4, 0.5) is 10.5 Å². The van der Waals surface area contributed by atoms with Crippen molar-refractivity contribution in [3.63, 3.8) is 0 Å². The van der Waals surface area contributed by atoms with Crippen molar-refractivity contribution >= 4 is 23.7 Å². The van der Waals surface area contributed by atoms with Crippen LogP contribution in [0.2, 0.25) is 0 Å². The van der Waals surface area contributed by atoms with Gasteiger partial charge in [0.15, 0.2) is 0 Å². The standard InChI is InChI=1S/C16H25N3O6/c1-16(2,3)25-15(23)18-11(6-7-20)13(21)17-10-8-12(14(22)24-5)19(4)9-10/h8-9,11,20H,6-7H2,1-5H3,(H,17,21)(H,18,23). The number of hydrogen-bond donors (Lipinski definition) is 3. The Labute approximate surface area is 146 Å². The molecule has 2 amide bonds. The van der Waals surface area contributed by atoms with Crippen molar-refractivity contribution in [3.05, 3.63) is 18.0 Å². The number of anilines is 1. The molecule has 0 aromatic carbocycles. The maximum atomic E-state index is 12.3. The van der Waals surface area contributed by atoms with Gasteiger partial charge in [-0.1, -0.05) is 0 Å². The van der Waals surface area contributed by atoms with Crippen LogP contribution in [0.5, 0.6) is 0 Å². The van der Waals surface area contributed by atoms with E-state index in [9.17, 15) is 14.4 Å². The number of alkyl carbamates (subject to hydrolysis) is 1. The van der Waals surface area contributed by atoms with Gasteiger partial charge in [-0.15, -0.1) is 0 Å². The molecule has 0 saturated carbocycles. The number of esters is 1. The molecule has 0 aliphatic heterocycles. The number of carbonyl (C=O) groups excluding carboxylic acids is 3. The zero-order valence-corrected chi connectivity index (χ0v) is 15.1. The molecule has 0 aliphatic carbocycles. The van der Waals surface area contributed by atoms with E-state index in [0.717, 1.165) is 0 Å². The maximum Gasteiger partial charge on any atom is 0.408 e. The van der Waals surface area contributed by atoms with Gasteiger partial charge in [0.05, 0.1) is 12.8 Å². The molecule has 9 nitrogen and oxygen atoms in total. The van der Waals surface area contributed by atoms with Crippen molar-refractivity contribution in [2.45, 2.75) is 38.8 Å². The number of aliphatic hydroxyl groups is 1. The van der Waals surface area contributed by atoms with Crippen LogP contribution in [0.25, 0.3) is 0 Å². The van der Waals surface area contributed by atoms with Crippen molar-refractivity contribution in [1.82, 2.24) is 9.88 Å². The summed E-state index contributed by atoms with van der Waals surface area (Å²) in [4.78, 5) is 35.8. The molecule has 140 valence electrons.